The first-order chi connectivity index (χ1) is 11.5. The van der Waals surface area contributed by atoms with E-state index in [-0.39, 0.29) is 24.3 Å². The zero-order valence-corrected chi connectivity index (χ0v) is 14.5. The molecule has 1 N–H and O–H groups in total. The van der Waals surface area contributed by atoms with Crippen LogP contribution in [-0.2, 0) is 9.59 Å². The lowest BCUT2D eigenvalue weighted by molar-refractivity contribution is -0.121. The normalized spacial score (nSPS) is 11.6. The summed E-state index contributed by atoms with van der Waals surface area (Å²) in [6.07, 6.45) is 0.268. The van der Waals surface area contributed by atoms with Crippen molar-refractivity contribution in [3.05, 3.63) is 65.7 Å². The van der Waals surface area contributed by atoms with E-state index in [2.05, 4.69) is 5.32 Å². The van der Waals surface area contributed by atoms with Crippen molar-refractivity contribution in [2.75, 3.05) is 11.4 Å². The Labute approximate surface area is 143 Å². The van der Waals surface area contributed by atoms with Crippen molar-refractivity contribution in [2.45, 2.75) is 33.2 Å². The molecule has 0 saturated carbocycles. The number of amides is 2. The van der Waals surface area contributed by atoms with Crippen LogP contribution < -0.4 is 10.2 Å². The molecular formula is C20H24N2O2. The van der Waals surface area contributed by atoms with Crippen LogP contribution in [0, 0.1) is 6.92 Å². The topological polar surface area (TPSA) is 49.4 Å². The van der Waals surface area contributed by atoms with Crippen LogP contribution in [-0.4, -0.2) is 18.4 Å². The molecule has 0 aliphatic heterocycles. The molecule has 0 bridgehead atoms. The molecule has 4 heteroatoms. The Balaban J connectivity index is 1.93. The van der Waals surface area contributed by atoms with Crippen LogP contribution >= 0.6 is 0 Å². The van der Waals surface area contributed by atoms with Gasteiger partial charge in [-0.05, 0) is 31.5 Å². The number of nitrogens with zero attached hydrogens (tertiary/aromatic N) is 1. The molecule has 0 spiro atoms. The molecule has 126 valence electrons. The van der Waals surface area contributed by atoms with Gasteiger partial charge in [0, 0.05) is 25.6 Å². The Morgan fingerprint density at radius 3 is 2.25 bits per heavy atom. The fourth-order valence-corrected chi connectivity index (χ4v) is 2.55. The van der Waals surface area contributed by atoms with Crippen LogP contribution in [0.25, 0.3) is 0 Å². The molecule has 0 aliphatic carbocycles. The summed E-state index contributed by atoms with van der Waals surface area (Å²) in [5.74, 6) is -0.132. The maximum Gasteiger partial charge on any atom is 0.223 e. The van der Waals surface area contributed by atoms with Gasteiger partial charge in [-0.25, -0.2) is 0 Å². The Morgan fingerprint density at radius 1 is 1.04 bits per heavy atom. The van der Waals surface area contributed by atoms with Crippen molar-refractivity contribution in [1.82, 2.24) is 5.32 Å². The number of carbonyl (C=O) groups excluding carboxylic acids is 2. The average molecular weight is 324 g/mol. The molecular weight excluding hydrogens is 300 g/mol. The predicted molar refractivity (Wildman–Crippen MR) is 96.8 cm³/mol. The van der Waals surface area contributed by atoms with Crippen molar-refractivity contribution in [1.29, 1.82) is 0 Å². The number of nitrogens with one attached hydrogen (secondary N) is 1. The minimum absolute atomic E-state index is 0.0520. The highest BCUT2D eigenvalue weighted by Crippen LogP contribution is 2.16. The lowest BCUT2D eigenvalue weighted by Crippen LogP contribution is -2.34. The number of anilines is 1. The van der Waals surface area contributed by atoms with Crippen LogP contribution in [0.3, 0.4) is 0 Å². The molecule has 1 atom stereocenters. The summed E-state index contributed by atoms with van der Waals surface area (Å²) in [5, 5.41) is 2.97. The van der Waals surface area contributed by atoms with Gasteiger partial charge in [0.2, 0.25) is 11.8 Å². The van der Waals surface area contributed by atoms with Crippen LogP contribution in [0.5, 0.6) is 0 Å². The highest BCUT2D eigenvalue weighted by Gasteiger charge is 2.15. The first kappa shape index (κ1) is 17.7. The maximum absolute atomic E-state index is 12.2. The van der Waals surface area contributed by atoms with E-state index in [1.54, 1.807) is 4.90 Å². The van der Waals surface area contributed by atoms with E-state index in [0.717, 1.165) is 16.8 Å². The molecule has 0 fully saturated rings. The third kappa shape index (κ3) is 4.95. The van der Waals surface area contributed by atoms with Crippen molar-refractivity contribution in [3.8, 4) is 0 Å². The van der Waals surface area contributed by atoms with Gasteiger partial charge < -0.3 is 10.2 Å². The second kappa shape index (κ2) is 8.29. The number of benzene rings is 2. The SMILES string of the molecule is CC(=O)N(CCC(=O)NC(C)c1ccccc1)c1ccc(C)cc1. The van der Waals surface area contributed by atoms with Gasteiger partial charge in [0.25, 0.3) is 0 Å². The molecule has 1 unspecified atom stereocenters. The van der Waals surface area contributed by atoms with Crippen LogP contribution in [0.15, 0.2) is 54.6 Å². The summed E-state index contributed by atoms with van der Waals surface area (Å²) in [5.41, 5.74) is 3.02. The van der Waals surface area contributed by atoms with E-state index >= 15 is 0 Å². The molecule has 0 aliphatic rings. The van der Waals surface area contributed by atoms with Crippen LogP contribution in [0.4, 0.5) is 5.69 Å². The smallest absolute Gasteiger partial charge is 0.223 e. The van der Waals surface area contributed by atoms with Gasteiger partial charge >= 0.3 is 0 Å². The highest BCUT2D eigenvalue weighted by molar-refractivity contribution is 5.92. The second-order valence-electron chi connectivity index (χ2n) is 5.96. The van der Waals surface area contributed by atoms with Crippen LogP contribution in [0.1, 0.15) is 37.4 Å². The fraction of sp³-hybridized carbons (Fsp3) is 0.300. The van der Waals surface area contributed by atoms with E-state index in [4.69, 9.17) is 0 Å². The number of carbonyl (C=O) groups is 2. The Hall–Kier alpha value is -2.62. The molecule has 2 amide bonds. The fourth-order valence-electron chi connectivity index (χ4n) is 2.55. The molecule has 24 heavy (non-hydrogen) atoms. The van der Waals surface area contributed by atoms with Gasteiger partial charge in [0.05, 0.1) is 6.04 Å². The monoisotopic (exact) mass is 324 g/mol. The Bertz CT molecular complexity index is 681. The van der Waals surface area contributed by atoms with E-state index < -0.39 is 0 Å². The van der Waals surface area contributed by atoms with Crippen LogP contribution in [0.2, 0.25) is 0 Å². The van der Waals surface area contributed by atoms with Gasteiger partial charge in [0.1, 0.15) is 0 Å². The summed E-state index contributed by atoms with van der Waals surface area (Å²) in [7, 11) is 0. The Kier molecular flexibility index (Phi) is 6.13. The zero-order valence-electron chi connectivity index (χ0n) is 14.5. The van der Waals surface area contributed by atoms with Gasteiger partial charge in [-0.1, -0.05) is 48.0 Å². The van der Waals surface area contributed by atoms with Gasteiger partial charge in [0.15, 0.2) is 0 Å². The lowest BCUT2D eigenvalue weighted by atomic mass is 10.1. The zero-order chi connectivity index (χ0) is 17.5. The van der Waals surface area contributed by atoms with Gasteiger partial charge in [-0.3, -0.25) is 9.59 Å². The minimum Gasteiger partial charge on any atom is -0.350 e. The average Bonchev–Trinajstić information content (AvgIpc) is 2.57. The van der Waals surface area contributed by atoms with Gasteiger partial charge in [-0.2, -0.15) is 0 Å². The quantitative estimate of drug-likeness (QED) is 0.882. The van der Waals surface area contributed by atoms with Gasteiger partial charge in [-0.15, -0.1) is 0 Å². The lowest BCUT2D eigenvalue weighted by Gasteiger charge is -2.22. The van der Waals surface area contributed by atoms with Crippen molar-refractivity contribution < 1.29 is 9.59 Å². The Morgan fingerprint density at radius 2 is 1.67 bits per heavy atom. The number of aryl methyl sites for hydroxylation is 1. The van der Waals surface area contributed by atoms with Crippen molar-refractivity contribution >= 4 is 17.5 Å². The maximum atomic E-state index is 12.2. The number of hydrogen-bond acceptors (Lipinski definition) is 2. The molecule has 2 aromatic carbocycles. The third-order valence-electron chi connectivity index (χ3n) is 3.97. The highest BCUT2D eigenvalue weighted by atomic mass is 16.2. The standard InChI is InChI=1S/C20H24N2O2/c1-15-9-11-19(12-10-15)22(17(3)23)14-13-20(24)21-16(2)18-7-5-4-6-8-18/h4-12,16H,13-14H2,1-3H3,(H,21,24). The number of hydrogen-bond donors (Lipinski definition) is 1. The molecule has 0 radical (unpaired) electrons. The minimum atomic E-state index is -0.0669. The van der Waals surface area contributed by atoms with Crippen molar-refractivity contribution in [3.63, 3.8) is 0 Å². The summed E-state index contributed by atoms with van der Waals surface area (Å²) in [4.78, 5) is 25.7. The molecule has 4 nitrogen and oxygen atoms in total. The first-order valence-corrected chi connectivity index (χ1v) is 8.16. The van der Waals surface area contributed by atoms with E-state index in [9.17, 15) is 9.59 Å². The summed E-state index contributed by atoms with van der Waals surface area (Å²) < 4.78 is 0. The molecule has 2 aromatic rings. The largest absolute Gasteiger partial charge is 0.350 e. The molecule has 0 heterocycles. The molecule has 0 aromatic heterocycles. The summed E-state index contributed by atoms with van der Waals surface area (Å²) >= 11 is 0. The van der Waals surface area contributed by atoms with Crippen molar-refractivity contribution in [2.24, 2.45) is 0 Å². The third-order valence-corrected chi connectivity index (χ3v) is 3.97. The predicted octanol–water partition coefficient (Wildman–Crippen LogP) is 3.62. The van der Waals surface area contributed by atoms with E-state index in [0.29, 0.717) is 6.54 Å². The van der Waals surface area contributed by atoms with E-state index in [1.807, 2.05) is 68.4 Å². The molecule has 2 rings (SSSR count). The summed E-state index contributed by atoms with van der Waals surface area (Å²) in [6, 6.07) is 17.5. The molecule has 0 saturated heterocycles. The van der Waals surface area contributed by atoms with E-state index in [1.165, 1.54) is 6.92 Å². The summed E-state index contributed by atoms with van der Waals surface area (Å²) in [6.45, 7) is 5.84. The number of rotatable bonds is 6. The second-order valence-corrected chi connectivity index (χ2v) is 5.96. The first-order valence-electron chi connectivity index (χ1n) is 8.16.